The van der Waals surface area contributed by atoms with Crippen molar-refractivity contribution in [2.45, 2.75) is 0 Å². The Kier molecular flexibility index (Phi) is 3.27. The molecule has 1 aromatic carbocycles. The zero-order chi connectivity index (χ0) is 14.8. The molecule has 0 saturated carbocycles. The number of fused-ring (bicyclic) bond motifs is 1. The predicted molar refractivity (Wildman–Crippen MR) is 82.6 cm³/mol. The van der Waals surface area contributed by atoms with Gasteiger partial charge in [0, 0.05) is 37.4 Å². The van der Waals surface area contributed by atoms with Crippen molar-refractivity contribution in [3.05, 3.63) is 48.3 Å². The number of amides is 1. The van der Waals surface area contributed by atoms with Crippen molar-refractivity contribution in [2.24, 2.45) is 0 Å². The molecule has 0 aliphatic heterocycles. The van der Waals surface area contributed by atoms with Crippen LogP contribution in [0.15, 0.2) is 42.7 Å². The Morgan fingerprint density at radius 1 is 1.29 bits per heavy atom. The first kappa shape index (κ1) is 13.1. The van der Waals surface area contributed by atoms with Crippen molar-refractivity contribution in [3.8, 4) is 0 Å². The number of H-pyrrole nitrogens is 1. The van der Waals surface area contributed by atoms with E-state index in [-0.39, 0.29) is 5.91 Å². The second kappa shape index (κ2) is 5.24. The molecule has 0 aliphatic rings. The van der Waals surface area contributed by atoms with Crippen LogP contribution in [0, 0.1) is 0 Å². The van der Waals surface area contributed by atoms with Crippen LogP contribution in [0.3, 0.4) is 0 Å². The van der Waals surface area contributed by atoms with Gasteiger partial charge in [0.2, 0.25) is 0 Å². The Morgan fingerprint density at radius 2 is 2.14 bits per heavy atom. The van der Waals surface area contributed by atoms with Crippen LogP contribution in [-0.4, -0.2) is 35.2 Å². The van der Waals surface area contributed by atoms with E-state index in [2.05, 4.69) is 20.5 Å². The van der Waals surface area contributed by atoms with Crippen LogP contribution in [0.25, 0.3) is 10.9 Å². The van der Waals surface area contributed by atoms with Crippen LogP contribution in [0.2, 0.25) is 0 Å². The number of benzene rings is 1. The maximum atomic E-state index is 12.4. The van der Waals surface area contributed by atoms with Gasteiger partial charge in [-0.2, -0.15) is 5.10 Å². The maximum absolute atomic E-state index is 12.4. The number of pyridine rings is 1. The van der Waals surface area contributed by atoms with E-state index in [9.17, 15) is 4.79 Å². The largest absolute Gasteiger partial charge is 0.378 e. The van der Waals surface area contributed by atoms with Crippen molar-refractivity contribution in [1.29, 1.82) is 0 Å². The standard InChI is InChI=1S/C15H15N5O/c1-20(2)11-6-7-16-13(8-11)18-15(21)12-5-3-4-10-9-17-19-14(10)12/h3-9H,1-2H3,(H,17,19)(H,16,18,21). The van der Waals surface area contributed by atoms with E-state index in [0.717, 1.165) is 16.6 Å². The molecule has 0 bridgehead atoms. The minimum absolute atomic E-state index is 0.215. The minimum atomic E-state index is -0.215. The lowest BCUT2D eigenvalue weighted by molar-refractivity contribution is 0.102. The Bertz CT molecular complexity index is 793. The molecule has 0 spiro atoms. The average Bonchev–Trinajstić information content (AvgIpc) is 2.95. The Morgan fingerprint density at radius 3 is 2.95 bits per heavy atom. The number of anilines is 2. The number of aromatic nitrogens is 3. The Hall–Kier alpha value is -2.89. The summed E-state index contributed by atoms with van der Waals surface area (Å²) in [5.41, 5.74) is 2.24. The lowest BCUT2D eigenvalue weighted by atomic mass is 10.1. The zero-order valence-corrected chi connectivity index (χ0v) is 11.8. The number of aromatic amines is 1. The highest BCUT2D eigenvalue weighted by Crippen LogP contribution is 2.18. The zero-order valence-electron chi connectivity index (χ0n) is 11.8. The van der Waals surface area contributed by atoms with Crippen molar-refractivity contribution < 1.29 is 4.79 Å². The van der Waals surface area contributed by atoms with Crippen LogP contribution in [0.1, 0.15) is 10.4 Å². The number of nitrogens with zero attached hydrogens (tertiary/aromatic N) is 3. The molecule has 0 saturated heterocycles. The summed E-state index contributed by atoms with van der Waals surface area (Å²) in [5.74, 6) is 0.302. The number of rotatable bonds is 3. The second-order valence-corrected chi connectivity index (χ2v) is 4.89. The normalized spacial score (nSPS) is 10.6. The maximum Gasteiger partial charge on any atom is 0.259 e. The molecule has 0 aliphatic carbocycles. The molecule has 2 heterocycles. The molecule has 3 aromatic rings. The Balaban J connectivity index is 1.90. The van der Waals surface area contributed by atoms with Gasteiger partial charge >= 0.3 is 0 Å². The van der Waals surface area contributed by atoms with Gasteiger partial charge in [0.05, 0.1) is 17.3 Å². The Labute approximate surface area is 121 Å². The van der Waals surface area contributed by atoms with Crippen LogP contribution in [0.4, 0.5) is 11.5 Å². The van der Waals surface area contributed by atoms with Crippen LogP contribution < -0.4 is 10.2 Å². The molecule has 0 atom stereocenters. The van der Waals surface area contributed by atoms with Gasteiger partial charge in [0.1, 0.15) is 5.82 Å². The van der Waals surface area contributed by atoms with E-state index in [1.165, 1.54) is 0 Å². The highest BCUT2D eigenvalue weighted by Gasteiger charge is 2.12. The van der Waals surface area contributed by atoms with Crippen molar-refractivity contribution in [2.75, 3.05) is 24.3 Å². The van der Waals surface area contributed by atoms with Crippen LogP contribution >= 0.6 is 0 Å². The molecular weight excluding hydrogens is 266 g/mol. The summed E-state index contributed by atoms with van der Waals surface area (Å²) in [6.07, 6.45) is 3.36. The summed E-state index contributed by atoms with van der Waals surface area (Å²) in [7, 11) is 3.87. The number of nitrogens with one attached hydrogen (secondary N) is 2. The van der Waals surface area contributed by atoms with Gasteiger partial charge < -0.3 is 10.2 Å². The van der Waals surface area contributed by atoms with Gasteiger partial charge in [-0.1, -0.05) is 12.1 Å². The van der Waals surface area contributed by atoms with E-state index in [1.807, 2.05) is 43.3 Å². The minimum Gasteiger partial charge on any atom is -0.378 e. The van der Waals surface area contributed by atoms with E-state index < -0.39 is 0 Å². The first-order valence-corrected chi connectivity index (χ1v) is 6.52. The SMILES string of the molecule is CN(C)c1ccnc(NC(=O)c2cccc3cn[nH]c23)c1. The van der Waals surface area contributed by atoms with Gasteiger partial charge in [-0.15, -0.1) is 0 Å². The fraction of sp³-hybridized carbons (Fsp3) is 0.133. The van der Waals surface area contributed by atoms with Crippen molar-refractivity contribution in [3.63, 3.8) is 0 Å². The smallest absolute Gasteiger partial charge is 0.259 e. The molecule has 21 heavy (non-hydrogen) atoms. The number of para-hydroxylation sites is 1. The fourth-order valence-corrected chi connectivity index (χ4v) is 2.11. The third-order valence-corrected chi connectivity index (χ3v) is 3.22. The number of carbonyl (C=O) groups is 1. The third-order valence-electron chi connectivity index (χ3n) is 3.22. The predicted octanol–water partition coefficient (Wildman–Crippen LogP) is 2.28. The van der Waals surface area contributed by atoms with Gasteiger partial charge in [0.25, 0.3) is 5.91 Å². The van der Waals surface area contributed by atoms with E-state index in [0.29, 0.717) is 11.4 Å². The topological polar surface area (TPSA) is 73.9 Å². The molecule has 2 N–H and O–H groups in total. The molecule has 0 radical (unpaired) electrons. The summed E-state index contributed by atoms with van der Waals surface area (Å²) in [4.78, 5) is 18.5. The molecular formula is C15H15N5O. The van der Waals surface area contributed by atoms with Gasteiger partial charge in [-0.3, -0.25) is 9.89 Å². The third kappa shape index (κ3) is 2.55. The summed E-state index contributed by atoms with van der Waals surface area (Å²) in [6.45, 7) is 0. The molecule has 6 heteroatoms. The number of hydrogen-bond acceptors (Lipinski definition) is 4. The van der Waals surface area contributed by atoms with Crippen LogP contribution in [-0.2, 0) is 0 Å². The highest BCUT2D eigenvalue weighted by molar-refractivity contribution is 6.11. The number of carbonyl (C=O) groups excluding carboxylic acids is 1. The first-order valence-electron chi connectivity index (χ1n) is 6.52. The average molecular weight is 281 g/mol. The van der Waals surface area contributed by atoms with Gasteiger partial charge in [-0.05, 0) is 12.1 Å². The van der Waals surface area contributed by atoms with Gasteiger partial charge in [-0.25, -0.2) is 4.98 Å². The first-order chi connectivity index (χ1) is 10.1. The van der Waals surface area contributed by atoms with E-state index in [4.69, 9.17) is 0 Å². The van der Waals surface area contributed by atoms with E-state index >= 15 is 0 Å². The fourth-order valence-electron chi connectivity index (χ4n) is 2.11. The summed E-state index contributed by atoms with van der Waals surface area (Å²) in [6, 6.07) is 9.19. The van der Waals surface area contributed by atoms with Gasteiger partial charge in [0.15, 0.2) is 0 Å². The lowest BCUT2D eigenvalue weighted by Crippen LogP contribution is -2.15. The monoisotopic (exact) mass is 281 g/mol. The quantitative estimate of drug-likeness (QED) is 0.772. The molecule has 6 nitrogen and oxygen atoms in total. The molecule has 0 fully saturated rings. The van der Waals surface area contributed by atoms with Crippen molar-refractivity contribution >= 4 is 28.3 Å². The lowest BCUT2D eigenvalue weighted by Gasteiger charge is -2.13. The highest BCUT2D eigenvalue weighted by atomic mass is 16.1. The second-order valence-electron chi connectivity index (χ2n) is 4.89. The summed E-state index contributed by atoms with van der Waals surface area (Å²) >= 11 is 0. The summed E-state index contributed by atoms with van der Waals surface area (Å²) < 4.78 is 0. The van der Waals surface area contributed by atoms with Crippen molar-refractivity contribution in [1.82, 2.24) is 15.2 Å². The number of hydrogen-bond donors (Lipinski definition) is 2. The van der Waals surface area contributed by atoms with E-state index in [1.54, 1.807) is 18.5 Å². The summed E-state index contributed by atoms with van der Waals surface area (Å²) in [5, 5.41) is 10.5. The molecule has 1 amide bonds. The molecule has 3 rings (SSSR count). The van der Waals surface area contributed by atoms with Crippen LogP contribution in [0.5, 0.6) is 0 Å². The molecule has 2 aromatic heterocycles. The molecule has 106 valence electrons. The molecule has 0 unspecified atom stereocenters.